The number of carbonyl (C=O) groups is 2. The van der Waals surface area contributed by atoms with Crippen LogP contribution in [0, 0.1) is 23.7 Å². The number of hydrazine groups is 1. The summed E-state index contributed by atoms with van der Waals surface area (Å²) < 4.78 is 0. The number of anilines is 1. The molecule has 0 bridgehead atoms. The van der Waals surface area contributed by atoms with Crippen molar-refractivity contribution < 1.29 is 9.59 Å². The molecule has 1 unspecified atom stereocenters. The number of hydrogen-bond donors (Lipinski definition) is 1. The highest BCUT2D eigenvalue weighted by Crippen LogP contribution is 2.39. The number of benzene rings is 1. The number of para-hydroxylation sites is 1. The van der Waals surface area contributed by atoms with Crippen molar-refractivity contribution in [2.45, 2.75) is 78.2 Å². The van der Waals surface area contributed by atoms with E-state index in [4.69, 9.17) is 0 Å². The summed E-state index contributed by atoms with van der Waals surface area (Å²) in [5, 5.41) is 1.58. The van der Waals surface area contributed by atoms with E-state index < -0.39 is 0 Å². The summed E-state index contributed by atoms with van der Waals surface area (Å²) in [6.45, 7) is 6.76. The number of nitrogens with zero attached hydrogens (tertiary/aromatic N) is 2. The van der Waals surface area contributed by atoms with Gasteiger partial charge in [0.1, 0.15) is 6.54 Å². The highest BCUT2D eigenvalue weighted by Gasteiger charge is 2.38. The molecule has 1 aromatic rings. The van der Waals surface area contributed by atoms with Gasteiger partial charge in [0, 0.05) is 24.7 Å². The second kappa shape index (κ2) is 11.1. The fourth-order valence-corrected chi connectivity index (χ4v) is 5.65. The Balaban J connectivity index is 1.77. The first-order valence-corrected chi connectivity index (χ1v) is 12.3. The highest BCUT2D eigenvalue weighted by atomic mass is 16.2. The Kier molecular flexibility index (Phi) is 8.53. The lowest BCUT2D eigenvalue weighted by atomic mass is 9.69. The van der Waals surface area contributed by atoms with Gasteiger partial charge < -0.3 is 4.90 Å². The van der Waals surface area contributed by atoms with Crippen molar-refractivity contribution in [3.8, 4) is 0 Å². The Morgan fingerprint density at radius 1 is 1.03 bits per heavy atom. The van der Waals surface area contributed by atoms with E-state index in [2.05, 4.69) is 26.2 Å². The second-order valence-electron chi connectivity index (χ2n) is 9.97. The van der Waals surface area contributed by atoms with Crippen LogP contribution in [0.5, 0.6) is 0 Å². The van der Waals surface area contributed by atoms with Gasteiger partial charge in [-0.15, -0.1) is 0 Å². The van der Waals surface area contributed by atoms with Crippen LogP contribution < -0.4 is 10.3 Å². The molecule has 3 rings (SSSR count). The lowest BCUT2D eigenvalue weighted by molar-refractivity contribution is -0.145. The van der Waals surface area contributed by atoms with Gasteiger partial charge in [-0.3, -0.25) is 14.6 Å². The molecule has 2 fully saturated rings. The maximum absolute atomic E-state index is 13.6. The zero-order valence-corrected chi connectivity index (χ0v) is 19.8. The van der Waals surface area contributed by atoms with Crippen LogP contribution in [0.25, 0.3) is 0 Å². The van der Waals surface area contributed by atoms with E-state index in [-0.39, 0.29) is 30.3 Å². The van der Waals surface area contributed by atoms with Crippen molar-refractivity contribution in [1.29, 1.82) is 0 Å². The predicted octanol–water partition coefficient (Wildman–Crippen LogP) is 5.02. The number of rotatable bonds is 7. The van der Waals surface area contributed by atoms with E-state index in [1.165, 1.54) is 12.8 Å². The summed E-state index contributed by atoms with van der Waals surface area (Å²) in [7, 11) is 1.76. The molecular weight excluding hydrogens is 386 g/mol. The first-order valence-electron chi connectivity index (χ1n) is 12.3. The van der Waals surface area contributed by atoms with Crippen LogP contribution in [-0.2, 0) is 9.59 Å². The molecule has 3 atom stereocenters. The van der Waals surface area contributed by atoms with Crippen molar-refractivity contribution >= 4 is 17.5 Å². The van der Waals surface area contributed by atoms with Crippen molar-refractivity contribution in [1.82, 2.24) is 10.4 Å². The molecule has 5 heteroatoms. The molecule has 2 aliphatic rings. The maximum atomic E-state index is 13.6. The molecule has 2 saturated carbocycles. The molecule has 1 N–H and O–H groups in total. The Hall–Kier alpha value is -1.88. The first kappa shape index (κ1) is 23.8. The average Bonchev–Trinajstić information content (AvgIpc) is 2.78. The van der Waals surface area contributed by atoms with E-state index in [1.54, 1.807) is 12.1 Å². The van der Waals surface area contributed by atoms with Crippen LogP contribution in [0.2, 0.25) is 0 Å². The zero-order chi connectivity index (χ0) is 22.4. The molecule has 0 saturated heterocycles. The van der Waals surface area contributed by atoms with Gasteiger partial charge in [0.2, 0.25) is 11.8 Å². The molecule has 2 aliphatic carbocycles. The van der Waals surface area contributed by atoms with Crippen molar-refractivity contribution in [2.24, 2.45) is 23.7 Å². The van der Waals surface area contributed by atoms with Gasteiger partial charge in [0.15, 0.2) is 0 Å². The van der Waals surface area contributed by atoms with Crippen molar-refractivity contribution in [3.05, 3.63) is 30.3 Å². The Morgan fingerprint density at radius 2 is 1.71 bits per heavy atom. The minimum absolute atomic E-state index is 0.00533. The summed E-state index contributed by atoms with van der Waals surface area (Å²) in [5.74, 6) is 1.49. The third-order valence-corrected chi connectivity index (χ3v) is 7.41. The van der Waals surface area contributed by atoms with Crippen LogP contribution in [0.1, 0.15) is 72.1 Å². The van der Waals surface area contributed by atoms with Gasteiger partial charge in [-0.1, -0.05) is 64.7 Å². The average molecular weight is 428 g/mol. The minimum atomic E-state index is -0.0103. The molecule has 0 aliphatic heterocycles. The Morgan fingerprint density at radius 3 is 2.32 bits per heavy atom. The molecular formula is C26H41N3O2. The van der Waals surface area contributed by atoms with E-state index in [0.717, 1.165) is 44.2 Å². The highest BCUT2D eigenvalue weighted by molar-refractivity contribution is 5.97. The molecule has 0 spiro atoms. The van der Waals surface area contributed by atoms with Crippen LogP contribution in [-0.4, -0.2) is 36.5 Å². The topological polar surface area (TPSA) is 52.7 Å². The summed E-state index contributed by atoms with van der Waals surface area (Å²) >= 11 is 0. The summed E-state index contributed by atoms with van der Waals surface area (Å²) in [6.07, 6.45) is 8.82. The summed E-state index contributed by atoms with van der Waals surface area (Å²) in [4.78, 5) is 29.1. The van der Waals surface area contributed by atoms with Gasteiger partial charge in [-0.2, -0.15) is 0 Å². The van der Waals surface area contributed by atoms with E-state index >= 15 is 0 Å². The number of hydrogen-bond acceptors (Lipinski definition) is 3. The fourth-order valence-electron chi connectivity index (χ4n) is 5.65. The SMILES string of the molecule is CNN(CC(=O)N(c1ccccc1)C1CCCCC1)C(=O)C1C[C@@H](C)CC[C@@H]1C(C)C. The van der Waals surface area contributed by atoms with Crippen molar-refractivity contribution in [2.75, 3.05) is 18.5 Å². The zero-order valence-electron chi connectivity index (χ0n) is 19.8. The quantitative estimate of drug-likeness (QED) is 0.622. The van der Waals surface area contributed by atoms with E-state index in [9.17, 15) is 9.59 Å². The maximum Gasteiger partial charge on any atom is 0.248 e. The fraction of sp³-hybridized carbons (Fsp3) is 0.692. The van der Waals surface area contributed by atoms with Gasteiger partial charge in [0.05, 0.1) is 0 Å². The molecule has 1 aromatic carbocycles. The molecule has 0 aromatic heterocycles. The molecule has 31 heavy (non-hydrogen) atoms. The van der Waals surface area contributed by atoms with Crippen LogP contribution in [0.4, 0.5) is 5.69 Å². The molecule has 0 radical (unpaired) electrons. The lowest BCUT2D eigenvalue weighted by Gasteiger charge is -2.40. The van der Waals surface area contributed by atoms with Gasteiger partial charge in [-0.25, -0.2) is 5.43 Å². The monoisotopic (exact) mass is 427 g/mol. The minimum Gasteiger partial charge on any atom is -0.308 e. The van der Waals surface area contributed by atoms with E-state index in [0.29, 0.717) is 17.8 Å². The molecule has 172 valence electrons. The molecule has 0 heterocycles. The molecule has 5 nitrogen and oxygen atoms in total. The summed E-state index contributed by atoms with van der Waals surface area (Å²) in [6, 6.07) is 10.2. The largest absolute Gasteiger partial charge is 0.308 e. The van der Waals surface area contributed by atoms with Crippen LogP contribution in [0.15, 0.2) is 30.3 Å². The predicted molar refractivity (Wildman–Crippen MR) is 126 cm³/mol. The number of carbonyl (C=O) groups excluding carboxylic acids is 2. The second-order valence-corrected chi connectivity index (χ2v) is 9.97. The third kappa shape index (κ3) is 5.88. The first-order chi connectivity index (χ1) is 14.9. The van der Waals surface area contributed by atoms with Gasteiger partial charge in [-0.05, 0) is 55.6 Å². The lowest BCUT2D eigenvalue weighted by Crippen LogP contribution is -2.54. The van der Waals surface area contributed by atoms with Crippen LogP contribution in [0.3, 0.4) is 0 Å². The van der Waals surface area contributed by atoms with Gasteiger partial charge in [0.25, 0.3) is 0 Å². The standard InChI is InChI=1S/C26H41N3O2/c1-19(2)23-16-15-20(3)17-24(23)26(31)28(27-4)18-25(30)29(21-11-7-5-8-12-21)22-13-9-6-10-14-22/h5,7-8,11-12,19-20,22-24,27H,6,9-10,13-18H2,1-4H3/t20-,23+,24?/m0/s1. The molecule has 2 amide bonds. The number of amides is 2. The smallest absolute Gasteiger partial charge is 0.248 e. The number of nitrogens with one attached hydrogen (secondary N) is 1. The Labute approximate surface area is 188 Å². The Bertz CT molecular complexity index is 715. The third-order valence-electron chi connectivity index (χ3n) is 7.41. The van der Waals surface area contributed by atoms with Crippen LogP contribution >= 0.6 is 0 Å². The normalized spacial score (nSPS) is 24.7. The summed E-state index contributed by atoms with van der Waals surface area (Å²) in [5.41, 5.74) is 3.99. The van der Waals surface area contributed by atoms with Crippen molar-refractivity contribution in [3.63, 3.8) is 0 Å². The van der Waals surface area contributed by atoms with E-state index in [1.807, 2.05) is 35.2 Å². The van der Waals surface area contributed by atoms with Gasteiger partial charge >= 0.3 is 0 Å².